The van der Waals surface area contributed by atoms with Crippen molar-refractivity contribution in [3.8, 4) is 0 Å². The Morgan fingerprint density at radius 1 is 1.37 bits per heavy atom. The molecule has 1 fully saturated rings. The summed E-state index contributed by atoms with van der Waals surface area (Å²) in [6.45, 7) is 2.41. The summed E-state index contributed by atoms with van der Waals surface area (Å²) in [5, 5.41) is 9.18. The molecule has 1 aliphatic rings. The molecule has 1 aromatic rings. The second-order valence-corrected chi connectivity index (χ2v) is 7.14. The van der Waals surface area contributed by atoms with E-state index in [1.165, 1.54) is 0 Å². The second-order valence-electron chi connectivity index (χ2n) is 5.25. The van der Waals surface area contributed by atoms with Crippen LogP contribution in [0.1, 0.15) is 38.3 Å². The Bertz CT molecular complexity index is 536. The lowest BCUT2D eigenvalue weighted by Crippen LogP contribution is -2.38. The van der Waals surface area contributed by atoms with Crippen LogP contribution in [0, 0.1) is 0 Å². The van der Waals surface area contributed by atoms with Crippen LogP contribution in [0.25, 0.3) is 0 Å². The molecule has 0 aliphatic carbocycles. The van der Waals surface area contributed by atoms with E-state index in [0.29, 0.717) is 12.2 Å². The van der Waals surface area contributed by atoms with E-state index in [2.05, 4.69) is 0 Å². The monoisotopic (exact) mass is 286 g/mol. The first kappa shape index (κ1) is 14.6. The SMILES string of the molecule is CC1CCCCCN1S(=O)(=O)c1cc(CO)n(C)c1. The zero-order valence-electron chi connectivity index (χ0n) is 11.5. The largest absolute Gasteiger partial charge is 0.390 e. The van der Waals surface area contributed by atoms with Crippen molar-refractivity contribution in [2.75, 3.05) is 6.54 Å². The van der Waals surface area contributed by atoms with E-state index in [-0.39, 0.29) is 17.5 Å². The smallest absolute Gasteiger partial charge is 0.244 e. The highest BCUT2D eigenvalue weighted by Crippen LogP contribution is 2.25. The second kappa shape index (κ2) is 5.64. The van der Waals surface area contributed by atoms with Gasteiger partial charge in [-0.15, -0.1) is 0 Å². The lowest BCUT2D eigenvalue weighted by molar-refractivity contribution is 0.272. The number of aliphatic hydroxyl groups excluding tert-OH is 1. The molecule has 1 N–H and O–H groups in total. The lowest BCUT2D eigenvalue weighted by atomic mass is 10.1. The topological polar surface area (TPSA) is 62.5 Å². The number of sulfonamides is 1. The third kappa shape index (κ3) is 2.85. The molecule has 0 amide bonds. The predicted octanol–water partition coefficient (Wildman–Crippen LogP) is 1.47. The Morgan fingerprint density at radius 2 is 2.11 bits per heavy atom. The van der Waals surface area contributed by atoms with Crippen LogP contribution in [0.2, 0.25) is 0 Å². The van der Waals surface area contributed by atoms with Gasteiger partial charge in [0, 0.05) is 31.5 Å². The highest BCUT2D eigenvalue weighted by atomic mass is 32.2. The molecule has 1 aliphatic heterocycles. The third-order valence-electron chi connectivity index (χ3n) is 3.84. The minimum Gasteiger partial charge on any atom is -0.390 e. The number of hydrogen-bond donors (Lipinski definition) is 1. The Balaban J connectivity index is 2.34. The van der Waals surface area contributed by atoms with E-state index in [4.69, 9.17) is 0 Å². The number of hydrogen-bond acceptors (Lipinski definition) is 3. The van der Waals surface area contributed by atoms with Crippen molar-refractivity contribution in [2.45, 2.75) is 50.2 Å². The Hall–Kier alpha value is -0.850. The minimum absolute atomic E-state index is 0.0466. The molecule has 19 heavy (non-hydrogen) atoms. The fraction of sp³-hybridized carbons (Fsp3) is 0.692. The molecule has 0 spiro atoms. The van der Waals surface area contributed by atoms with Gasteiger partial charge in [-0.05, 0) is 25.8 Å². The average Bonchev–Trinajstić information content (AvgIpc) is 2.60. The molecule has 6 heteroatoms. The van der Waals surface area contributed by atoms with Crippen LogP contribution in [0.3, 0.4) is 0 Å². The maximum Gasteiger partial charge on any atom is 0.244 e. The van der Waals surface area contributed by atoms with Gasteiger partial charge in [-0.25, -0.2) is 8.42 Å². The van der Waals surface area contributed by atoms with Crippen molar-refractivity contribution in [1.82, 2.24) is 8.87 Å². The third-order valence-corrected chi connectivity index (χ3v) is 5.82. The quantitative estimate of drug-likeness (QED) is 0.915. The van der Waals surface area contributed by atoms with Crippen LogP contribution in [-0.4, -0.2) is 35.0 Å². The van der Waals surface area contributed by atoms with Crippen molar-refractivity contribution in [1.29, 1.82) is 0 Å². The summed E-state index contributed by atoms with van der Waals surface area (Å²) >= 11 is 0. The number of aromatic nitrogens is 1. The Labute approximate surface area is 114 Å². The van der Waals surface area contributed by atoms with Crippen molar-refractivity contribution in [3.05, 3.63) is 18.0 Å². The number of rotatable bonds is 3. The lowest BCUT2D eigenvalue weighted by Gasteiger charge is -2.25. The predicted molar refractivity (Wildman–Crippen MR) is 73.2 cm³/mol. The van der Waals surface area contributed by atoms with Crippen LogP contribution >= 0.6 is 0 Å². The van der Waals surface area contributed by atoms with Crippen molar-refractivity contribution < 1.29 is 13.5 Å². The van der Waals surface area contributed by atoms with Gasteiger partial charge in [-0.3, -0.25) is 0 Å². The normalized spacial score (nSPS) is 22.4. The minimum atomic E-state index is -3.44. The summed E-state index contributed by atoms with van der Waals surface area (Å²) in [5.74, 6) is 0. The van der Waals surface area contributed by atoms with Gasteiger partial charge in [-0.1, -0.05) is 12.8 Å². The van der Waals surface area contributed by atoms with E-state index >= 15 is 0 Å². The zero-order valence-corrected chi connectivity index (χ0v) is 12.4. The van der Waals surface area contributed by atoms with Crippen molar-refractivity contribution in [2.24, 2.45) is 7.05 Å². The molecule has 5 nitrogen and oxygen atoms in total. The molecule has 108 valence electrons. The van der Waals surface area contributed by atoms with Gasteiger partial charge in [0.2, 0.25) is 10.0 Å². The summed E-state index contributed by atoms with van der Waals surface area (Å²) in [6.07, 6.45) is 5.59. The fourth-order valence-corrected chi connectivity index (χ4v) is 4.41. The van der Waals surface area contributed by atoms with Crippen LogP contribution < -0.4 is 0 Å². The molecule has 0 radical (unpaired) electrons. The van der Waals surface area contributed by atoms with Crippen molar-refractivity contribution in [3.63, 3.8) is 0 Å². The van der Waals surface area contributed by atoms with Gasteiger partial charge in [0.25, 0.3) is 0 Å². The Kier molecular flexibility index (Phi) is 4.32. The van der Waals surface area contributed by atoms with Gasteiger partial charge in [0.15, 0.2) is 0 Å². The van der Waals surface area contributed by atoms with Gasteiger partial charge in [-0.2, -0.15) is 4.31 Å². The number of aliphatic hydroxyl groups is 1. The van der Waals surface area contributed by atoms with E-state index in [1.807, 2.05) is 6.92 Å². The highest BCUT2D eigenvalue weighted by molar-refractivity contribution is 7.89. The van der Waals surface area contributed by atoms with E-state index < -0.39 is 10.0 Å². The molecule has 1 unspecified atom stereocenters. The van der Waals surface area contributed by atoms with Gasteiger partial charge < -0.3 is 9.67 Å². The zero-order chi connectivity index (χ0) is 14.0. The summed E-state index contributed by atoms with van der Waals surface area (Å²) < 4.78 is 28.6. The summed E-state index contributed by atoms with van der Waals surface area (Å²) in [4.78, 5) is 0.285. The summed E-state index contributed by atoms with van der Waals surface area (Å²) in [7, 11) is -1.70. The standard InChI is InChI=1S/C13H22N2O3S/c1-11-6-4-3-5-7-15(11)19(17,18)13-8-12(10-16)14(2)9-13/h8-9,11,16H,3-7,10H2,1-2H3. The van der Waals surface area contributed by atoms with Gasteiger partial charge in [0.05, 0.1) is 6.61 Å². The van der Waals surface area contributed by atoms with Crippen LogP contribution in [-0.2, 0) is 23.7 Å². The summed E-state index contributed by atoms with van der Waals surface area (Å²) in [6, 6.07) is 1.61. The Morgan fingerprint density at radius 3 is 2.74 bits per heavy atom. The number of nitrogens with zero attached hydrogens (tertiary/aromatic N) is 2. The van der Waals surface area contributed by atoms with Crippen molar-refractivity contribution >= 4 is 10.0 Å². The van der Waals surface area contributed by atoms with E-state index in [1.54, 1.807) is 28.2 Å². The summed E-state index contributed by atoms with van der Waals surface area (Å²) in [5.41, 5.74) is 0.612. The number of aryl methyl sites for hydroxylation is 1. The molecular formula is C13H22N2O3S. The van der Waals surface area contributed by atoms with Gasteiger partial charge >= 0.3 is 0 Å². The fourth-order valence-electron chi connectivity index (χ4n) is 2.62. The molecule has 1 saturated heterocycles. The first-order valence-corrected chi connectivity index (χ1v) is 8.18. The average molecular weight is 286 g/mol. The molecule has 0 bridgehead atoms. The molecule has 2 heterocycles. The van der Waals surface area contributed by atoms with Gasteiger partial charge in [0.1, 0.15) is 4.90 Å². The van der Waals surface area contributed by atoms with E-state index in [9.17, 15) is 13.5 Å². The first-order chi connectivity index (χ1) is 8.96. The highest BCUT2D eigenvalue weighted by Gasteiger charge is 2.30. The molecule has 1 aromatic heterocycles. The molecule has 2 rings (SSSR count). The molecular weight excluding hydrogens is 264 g/mol. The van der Waals surface area contributed by atoms with E-state index in [0.717, 1.165) is 25.7 Å². The molecule has 0 saturated carbocycles. The maximum atomic E-state index is 12.7. The molecule has 0 aromatic carbocycles. The molecule has 1 atom stereocenters. The first-order valence-electron chi connectivity index (χ1n) is 6.74. The van der Waals surface area contributed by atoms with Crippen LogP contribution in [0.15, 0.2) is 17.2 Å². The van der Waals surface area contributed by atoms with Crippen LogP contribution in [0.5, 0.6) is 0 Å². The maximum absolute atomic E-state index is 12.7. The van der Waals surface area contributed by atoms with Crippen LogP contribution in [0.4, 0.5) is 0 Å².